The highest BCUT2D eigenvalue weighted by molar-refractivity contribution is 5.54. The number of piperazine rings is 1. The van der Waals surface area contributed by atoms with Crippen molar-refractivity contribution in [3.8, 4) is 11.8 Å². The second-order valence-corrected chi connectivity index (χ2v) is 5.76. The highest BCUT2D eigenvalue weighted by Crippen LogP contribution is 2.26. The zero-order valence-electron chi connectivity index (χ0n) is 13.8. The number of ether oxygens (including phenoxy) is 1. The van der Waals surface area contributed by atoms with Crippen LogP contribution in [-0.4, -0.2) is 38.3 Å². The highest BCUT2D eigenvalue weighted by Gasteiger charge is 2.20. The minimum Gasteiger partial charge on any atom is -0.494 e. The van der Waals surface area contributed by atoms with Gasteiger partial charge in [0.1, 0.15) is 5.82 Å². The van der Waals surface area contributed by atoms with E-state index < -0.39 is 0 Å². The van der Waals surface area contributed by atoms with E-state index in [9.17, 15) is 4.39 Å². The molecule has 0 bridgehead atoms. The molecule has 0 aliphatic carbocycles. The van der Waals surface area contributed by atoms with E-state index in [1.54, 1.807) is 18.2 Å². The molecule has 124 valence electrons. The first kappa shape index (κ1) is 16.1. The summed E-state index contributed by atoms with van der Waals surface area (Å²) in [5, 5.41) is 9.10. The molecule has 1 saturated heterocycles. The lowest BCUT2D eigenvalue weighted by molar-refractivity contribution is 0.386. The fourth-order valence-electron chi connectivity index (χ4n) is 2.92. The van der Waals surface area contributed by atoms with E-state index in [2.05, 4.69) is 20.9 Å². The topological polar surface area (TPSA) is 52.4 Å². The Hall–Kier alpha value is -2.81. The number of halogens is 1. The second-order valence-electron chi connectivity index (χ2n) is 5.76. The summed E-state index contributed by atoms with van der Waals surface area (Å²) >= 11 is 0. The van der Waals surface area contributed by atoms with Gasteiger partial charge in [0.15, 0.2) is 11.6 Å². The molecule has 0 spiro atoms. The Labute approximate surface area is 140 Å². The summed E-state index contributed by atoms with van der Waals surface area (Å²) < 4.78 is 18.6. The summed E-state index contributed by atoms with van der Waals surface area (Å²) in [6.45, 7) is 5.08. The van der Waals surface area contributed by atoms with Gasteiger partial charge in [-0.05, 0) is 31.2 Å². The van der Waals surface area contributed by atoms with Crippen LogP contribution in [0.1, 0.15) is 11.3 Å². The summed E-state index contributed by atoms with van der Waals surface area (Å²) in [7, 11) is 1.47. The summed E-state index contributed by atoms with van der Waals surface area (Å²) in [5.74, 6) is 0.740. The van der Waals surface area contributed by atoms with Crippen LogP contribution in [0.2, 0.25) is 0 Å². The van der Waals surface area contributed by atoms with Crippen LogP contribution in [0.15, 0.2) is 30.3 Å². The summed E-state index contributed by atoms with van der Waals surface area (Å²) in [6, 6.07) is 10.7. The predicted octanol–water partition coefficient (Wildman–Crippen LogP) is 2.74. The third-order valence-electron chi connectivity index (χ3n) is 4.17. The molecular weight excluding hydrogens is 307 g/mol. The molecule has 1 fully saturated rings. The van der Waals surface area contributed by atoms with Crippen LogP contribution >= 0.6 is 0 Å². The van der Waals surface area contributed by atoms with Crippen LogP contribution in [0.4, 0.5) is 15.9 Å². The number of nitriles is 1. The standard InChI is InChI=1S/C18H19FN4O/c1-13-9-14(12-20)10-18(21-13)23-7-5-22(6-8-23)15-3-4-16(19)17(11-15)24-2/h3-4,9-11H,5-8H2,1-2H3. The molecule has 2 heterocycles. The molecule has 5 nitrogen and oxygen atoms in total. The van der Waals surface area contributed by atoms with Crippen LogP contribution in [0.25, 0.3) is 0 Å². The van der Waals surface area contributed by atoms with E-state index in [0.29, 0.717) is 5.56 Å². The van der Waals surface area contributed by atoms with Crippen LogP contribution in [-0.2, 0) is 0 Å². The van der Waals surface area contributed by atoms with Crippen molar-refractivity contribution in [3.63, 3.8) is 0 Å². The van der Waals surface area contributed by atoms with E-state index in [1.165, 1.54) is 13.2 Å². The molecule has 0 unspecified atom stereocenters. The van der Waals surface area contributed by atoms with Crippen molar-refractivity contribution in [3.05, 3.63) is 47.4 Å². The first-order valence-electron chi connectivity index (χ1n) is 7.83. The number of aromatic nitrogens is 1. The van der Waals surface area contributed by atoms with Gasteiger partial charge in [-0.3, -0.25) is 0 Å². The number of hydrogen-bond donors (Lipinski definition) is 0. The molecule has 1 aromatic carbocycles. The van der Waals surface area contributed by atoms with E-state index in [4.69, 9.17) is 10.00 Å². The Morgan fingerprint density at radius 2 is 1.83 bits per heavy atom. The van der Waals surface area contributed by atoms with Gasteiger partial charge in [0.25, 0.3) is 0 Å². The van der Waals surface area contributed by atoms with E-state index in [1.807, 2.05) is 13.0 Å². The number of nitrogens with zero attached hydrogens (tertiary/aromatic N) is 4. The van der Waals surface area contributed by atoms with Crippen molar-refractivity contribution in [2.45, 2.75) is 6.92 Å². The van der Waals surface area contributed by atoms with Gasteiger partial charge in [-0.1, -0.05) is 0 Å². The van der Waals surface area contributed by atoms with Crippen LogP contribution in [0.3, 0.4) is 0 Å². The number of rotatable bonds is 3. The van der Waals surface area contributed by atoms with Crippen LogP contribution in [0.5, 0.6) is 5.75 Å². The van der Waals surface area contributed by atoms with Gasteiger partial charge in [0, 0.05) is 43.6 Å². The molecule has 0 amide bonds. The molecule has 2 aromatic rings. The quantitative estimate of drug-likeness (QED) is 0.868. The first-order chi connectivity index (χ1) is 11.6. The Kier molecular flexibility index (Phi) is 4.52. The van der Waals surface area contributed by atoms with Crippen molar-refractivity contribution < 1.29 is 9.13 Å². The van der Waals surface area contributed by atoms with Crippen molar-refractivity contribution >= 4 is 11.5 Å². The number of anilines is 2. The van der Waals surface area contributed by atoms with E-state index in [-0.39, 0.29) is 11.6 Å². The van der Waals surface area contributed by atoms with Gasteiger partial charge in [-0.25, -0.2) is 9.37 Å². The minimum atomic E-state index is -0.354. The van der Waals surface area contributed by atoms with Crippen molar-refractivity contribution in [2.75, 3.05) is 43.1 Å². The van der Waals surface area contributed by atoms with E-state index in [0.717, 1.165) is 43.4 Å². The Morgan fingerprint density at radius 3 is 2.50 bits per heavy atom. The number of benzene rings is 1. The SMILES string of the molecule is COc1cc(N2CCN(c3cc(C#N)cc(C)n3)CC2)ccc1F. The predicted molar refractivity (Wildman–Crippen MR) is 91.1 cm³/mol. The van der Waals surface area contributed by atoms with Gasteiger partial charge in [0.05, 0.1) is 18.7 Å². The maximum absolute atomic E-state index is 13.5. The first-order valence-corrected chi connectivity index (χ1v) is 7.83. The zero-order chi connectivity index (χ0) is 17.1. The average Bonchev–Trinajstić information content (AvgIpc) is 2.61. The van der Waals surface area contributed by atoms with Gasteiger partial charge < -0.3 is 14.5 Å². The Morgan fingerprint density at radius 1 is 1.12 bits per heavy atom. The van der Waals surface area contributed by atoms with Gasteiger partial charge in [-0.2, -0.15) is 5.26 Å². The number of pyridine rings is 1. The largest absolute Gasteiger partial charge is 0.494 e. The Bertz CT molecular complexity index is 779. The molecule has 1 aliphatic rings. The molecule has 0 saturated carbocycles. The minimum absolute atomic E-state index is 0.258. The molecule has 1 aromatic heterocycles. The van der Waals surface area contributed by atoms with E-state index >= 15 is 0 Å². The lowest BCUT2D eigenvalue weighted by atomic mass is 10.2. The molecule has 0 N–H and O–H groups in total. The van der Waals surface area contributed by atoms with Gasteiger partial charge >= 0.3 is 0 Å². The van der Waals surface area contributed by atoms with Gasteiger partial charge in [-0.15, -0.1) is 0 Å². The lowest BCUT2D eigenvalue weighted by Gasteiger charge is -2.37. The normalized spacial score (nSPS) is 14.4. The molecule has 6 heteroatoms. The fourth-order valence-corrected chi connectivity index (χ4v) is 2.92. The van der Waals surface area contributed by atoms with Crippen molar-refractivity contribution in [1.29, 1.82) is 5.26 Å². The van der Waals surface area contributed by atoms with Gasteiger partial charge in [0.2, 0.25) is 0 Å². The summed E-state index contributed by atoms with van der Waals surface area (Å²) in [4.78, 5) is 8.89. The molecule has 0 radical (unpaired) electrons. The monoisotopic (exact) mass is 326 g/mol. The molecule has 3 rings (SSSR count). The third-order valence-corrected chi connectivity index (χ3v) is 4.17. The molecular formula is C18H19FN4O. The second kappa shape index (κ2) is 6.75. The molecule has 24 heavy (non-hydrogen) atoms. The highest BCUT2D eigenvalue weighted by atomic mass is 19.1. The third kappa shape index (κ3) is 3.25. The van der Waals surface area contributed by atoms with Crippen molar-refractivity contribution in [1.82, 2.24) is 4.98 Å². The number of aryl methyl sites for hydroxylation is 1. The maximum Gasteiger partial charge on any atom is 0.165 e. The van der Waals surface area contributed by atoms with Crippen LogP contribution < -0.4 is 14.5 Å². The smallest absolute Gasteiger partial charge is 0.165 e. The Balaban J connectivity index is 1.72. The molecule has 1 aliphatic heterocycles. The molecule has 0 atom stereocenters. The van der Waals surface area contributed by atoms with Crippen molar-refractivity contribution in [2.24, 2.45) is 0 Å². The fraction of sp³-hybridized carbons (Fsp3) is 0.333. The maximum atomic E-state index is 13.5. The lowest BCUT2D eigenvalue weighted by Crippen LogP contribution is -2.46. The van der Waals surface area contributed by atoms with Crippen LogP contribution in [0, 0.1) is 24.1 Å². The average molecular weight is 326 g/mol. The summed E-state index contributed by atoms with van der Waals surface area (Å²) in [5.41, 5.74) is 2.42. The number of hydrogen-bond acceptors (Lipinski definition) is 5. The zero-order valence-corrected chi connectivity index (χ0v) is 13.8. The number of methoxy groups -OCH3 is 1. The summed E-state index contributed by atoms with van der Waals surface area (Å²) in [6.07, 6.45) is 0.